The first-order chi connectivity index (χ1) is 18.3. The van der Waals surface area contributed by atoms with Gasteiger partial charge in [-0.3, -0.25) is 0 Å². The normalized spacial score (nSPS) is 12.3. The van der Waals surface area contributed by atoms with Crippen molar-refractivity contribution in [2.24, 2.45) is 5.92 Å². The van der Waals surface area contributed by atoms with Crippen LogP contribution in [0, 0.1) is 5.92 Å². The summed E-state index contributed by atoms with van der Waals surface area (Å²) in [5.41, 5.74) is 2.39. The lowest BCUT2D eigenvalue weighted by atomic mass is 9.68. The summed E-state index contributed by atoms with van der Waals surface area (Å²) in [5.74, 6) is 3.99. The number of hydrogen-bond acceptors (Lipinski definition) is 7. The van der Waals surface area contributed by atoms with Crippen LogP contribution in [-0.4, -0.2) is 73.7 Å². The molecule has 0 aliphatic heterocycles. The number of nitrogens with zero attached hydrogens (tertiary/aromatic N) is 1. The summed E-state index contributed by atoms with van der Waals surface area (Å²) in [6.07, 6.45) is 4.17. The van der Waals surface area contributed by atoms with Gasteiger partial charge in [-0.25, -0.2) is 0 Å². The lowest BCUT2D eigenvalue weighted by Crippen LogP contribution is -2.43. The molecule has 0 aromatic heterocycles. The van der Waals surface area contributed by atoms with Gasteiger partial charge in [0, 0.05) is 18.5 Å². The van der Waals surface area contributed by atoms with E-state index >= 15 is 0 Å². The van der Waals surface area contributed by atoms with E-state index in [2.05, 4.69) is 62.3 Å². The molecule has 2 rings (SSSR count). The largest absolute Gasteiger partial charge is 0.493 e. The summed E-state index contributed by atoms with van der Waals surface area (Å²) < 4.78 is 27.9. The van der Waals surface area contributed by atoms with E-state index in [-0.39, 0.29) is 30.2 Å². The Morgan fingerprint density at radius 2 is 1.40 bits per heavy atom. The molecule has 2 aromatic carbocycles. The SMILES string of the molecule is CCCNCC(CCCN(C)CCc1ccc(OC)c(OC)c1)(c1cc(OC)c(OC)c(OC)c1)C(C)C.Cl.Cl. The molecule has 0 heterocycles. The van der Waals surface area contributed by atoms with E-state index in [4.69, 9.17) is 23.7 Å². The van der Waals surface area contributed by atoms with Crippen molar-refractivity contribution in [1.82, 2.24) is 10.2 Å². The second kappa shape index (κ2) is 19.1. The Bertz CT molecular complexity index is 967. The van der Waals surface area contributed by atoms with Gasteiger partial charge in [0.1, 0.15) is 0 Å². The van der Waals surface area contributed by atoms with Gasteiger partial charge in [0.15, 0.2) is 23.0 Å². The summed E-state index contributed by atoms with van der Waals surface area (Å²) >= 11 is 0. The Morgan fingerprint density at radius 1 is 0.800 bits per heavy atom. The number of halogens is 2. The van der Waals surface area contributed by atoms with E-state index in [0.29, 0.717) is 23.2 Å². The fourth-order valence-corrected chi connectivity index (χ4v) is 5.15. The number of methoxy groups -OCH3 is 5. The molecule has 2 aromatic rings. The van der Waals surface area contributed by atoms with E-state index in [0.717, 1.165) is 63.4 Å². The average molecular weight is 604 g/mol. The van der Waals surface area contributed by atoms with Crippen LogP contribution in [0.15, 0.2) is 30.3 Å². The van der Waals surface area contributed by atoms with Crippen molar-refractivity contribution < 1.29 is 23.7 Å². The van der Waals surface area contributed by atoms with Gasteiger partial charge in [0.2, 0.25) is 5.75 Å². The molecule has 9 heteroatoms. The highest BCUT2D eigenvalue weighted by Crippen LogP contribution is 2.45. The summed E-state index contributed by atoms with van der Waals surface area (Å²) in [6.45, 7) is 10.7. The predicted molar refractivity (Wildman–Crippen MR) is 170 cm³/mol. The van der Waals surface area contributed by atoms with E-state index in [9.17, 15) is 0 Å². The summed E-state index contributed by atoms with van der Waals surface area (Å²) in [4.78, 5) is 2.41. The van der Waals surface area contributed by atoms with Crippen molar-refractivity contribution in [2.45, 2.75) is 51.9 Å². The molecule has 1 N–H and O–H groups in total. The molecule has 230 valence electrons. The molecule has 0 amide bonds. The van der Waals surface area contributed by atoms with Crippen LogP contribution in [-0.2, 0) is 11.8 Å². The number of nitrogens with one attached hydrogen (secondary N) is 1. The highest BCUT2D eigenvalue weighted by atomic mass is 35.5. The topological polar surface area (TPSA) is 61.4 Å². The lowest BCUT2D eigenvalue weighted by molar-refractivity contribution is 0.239. The van der Waals surface area contributed by atoms with Crippen LogP contribution in [0.2, 0.25) is 0 Å². The van der Waals surface area contributed by atoms with Gasteiger partial charge in [-0.15, -0.1) is 24.8 Å². The standard InChI is InChI=1S/C31H50N2O5.2ClH/c1-10-16-32-22-31(23(2)3,25-20-28(36-7)30(38-9)29(21-25)37-8)15-11-17-33(4)18-14-24-12-13-26(34-5)27(19-24)35-6;;/h12-13,19-21,23,32H,10-11,14-18,22H2,1-9H3;2*1H. The van der Waals surface area contributed by atoms with E-state index in [1.807, 2.05) is 6.07 Å². The second-order valence-electron chi connectivity index (χ2n) is 10.2. The molecule has 0 bridgehead atoms. The molecule has 0 aliphatic rings. The molecule has 0 aliphatic carbocycles. The fourth-order valence-electron chi connectivity index (χ4n) is 5.15. The van der Waals surface area contributed by atoms with Crippen LogP contribution in [0.3, 0.4) is 0 Å². The summed E-state index contributed by atoms with van der Waals surface area (Å²) in [5, 5.41) is 3.72. The summed E-state index contributed by atoms with van der Waals surface area (Å²) in [7, 11) is 10.6. The van der Waals surface area contributed by atoms with Crippen molar-refractivity contribution in [2.75, 3.05) is 68.8 Å². The third-order valence-corrected chi connectivity index (χ3v) is 7.60. The van der Waals surface area contributed by atoms with Crippen LogP contribution in [0.1, 0.15) is 51.2 Å². The molecule has 1 unspecified atom stereocenters. The molecular formula is C31H52Cl2N2O5. The molecule has 7 nitrogen and oxygen atoms in total. The second-order valence-corrected chi connectivity index (χ2v) is 10.2. The minimum atomic E-state index is -0.0772. The van der Waals surface area contributed by atoms with Crippen LogP contribution in [0.25, 0.3) is 0 Å². The maximum atomic E-state index is 5.72. The molecular weight excluding hydrogens is 551 g/mol. The zero-order valence-corrected chi connectivity index (χ0v) is 27.6. The van der Waals surface area contributed by atoms with Crippen molar-refractivity contribution >= 4 is 24.8 Å². The van der Waals surface area contributed by atoms with E-state index in [1.54, 1.807) is 35.5 Å². The number of ether oxygens (including phenoxy) is 5. The predicted octanol–water partition coefficient (Wildman–Crippen LogP) is 6.42. The molecule has 0 saturated carbocycles. The van der Waals surface area contributed by atoms with Crippen LogP contribution < -0.4 is 29.0 Å². The number of rotatable bonds is 18. The van der Waals surface area contributed by atoms with E-state index < -0.39 is 0 Å². The van der Waals surface area contributed by atoms with Gasteiger partial charge in [-0.1, -0.05) is 26.8 Å². The van der Waals surface area contributed by atoms with Crippen LogP contribution in [0.4, 0.5) is 0 Å². The first-order valence-corrected chi connectivity index (χ1v) is 13.7. The Balaban J connectivity index is 0.00000760. The molecule has 0 spiro atoms. The highest BCUT2D eigenvalue weighted by molar-refractivity contribution is 5.85. The maximum Gasteiger partial charge on any atom is 0.203 e. The van der Waals surface area contributed by atoms with Crippen molar-refractivity contribution in [3.05, 3.63) is 41.5 Å². The molecule has 0 saturated heterocycles. The number of likely N-dealkylation sites (N-methyl/N-ethyl adjacent to an activating group) is 1. The molecule has 40 heavy (non-hydrogen) atoms. The van der Waals surface area contributed by atoms with Gasteiger partial charge < -0.3 is 33.9 Å². The molecule has 0 fully saturated rings. The fraction of sp³-hybridized carbons (Fsp3) is 0.613. The Morgan fingerprint density at radius 3 is 1.90 bits per heavy atom. The Kier molecular flexibility index (Phi) is 18.1. The van der Waals surface area contributed by atoms with Gasteiger partial charge in [-0.2, -0.15) is 0 Å². The summed E-state index contributed by atoms with van der Waals surface area (Å²) in [6, 6.07) is 10.4. The quantitative estimate of drug-likeness (QED) is 0.197. The number of hydrogen-bond donors (Lipinski definition) is 1. The van der Waals surface area contributed by atoms with Gasteiger partial charge in [0.05, 0.1) is 35.5 Å². The average Bonchev–Trinajstić information content (AvgIpc) is 2.93. The van der Waals surface area contributed by atoms with Crippen LogP contribution >= 0.6 is 24.8 Å². The smallest absolute Gasteiger partial charge is 0.203 e. The van der Waals surface area contributed by atoms with Gasteiger partial charge in [-0.05, 0) is 87.1 Å². The van der Waals surface area contributed by atoms with Crippen molar-refractivity contribution in [3.63, 3.8) is 0 Å². The third kappa shape index (κ3) is 9.79. The Hall–Kier alpha value is -2.06. The van der Waals surface area contributed by atoms with E-state index in [1.165, 1.54) is 11.1 Å². The zero-order valence-electron chi connectivity index (χ0n) is 25.9. The minimum Gasteiger partial charge on any atom is -0.493 e. The number of benzene rings is 2. The highest BCUT2D eigenvalue weighted by Gasteiger charge is 2.36. The lowest BCUT2D eigenvalue weighted by Gasteiger charge is -2.40. The first kappa shape index (κ1) is 37.9. The minimum absolute atomic E-state index is 0. The molecule has 1 atom stereocenters. The van der Waals surface area contributed by atoms with Crippen molar-refractivity contribution in [3.8, 4) is 28.7 Å². The van der Waals surface area contributed by atoms with Crippen molar-refractivity contribution in [1.29, 1.82) is 0 Å². The molecule has 0 radical (unpaired) electrons. The zero-order chi connectivity index (χ0) is 28.1. The third-order valence-electron chi connectivity index (χ3n) is 7.60. The Labute approximate surface area is 255 Å². The van der Waals surface area contributed by atoms with Gasteiger partial charge >= 0.3 is 0 Å². The monoisotopic (exact) mass is 602 g/mol. The maximum absolute atomic E-state index is 5.72. The van der Waals surface area contributed by atoms with Gasteiger partial charge in [0.25, 0.3) is 0 Å². The first-order valence-electron chi connectivity index (χ1n) is 13.7. The van der Waals surface area contributed by atoms with Crippen LogP contribution in [0.5, 0.6) is 28.7 Å².